The molecule has 0 saturated carbocycles. The number of hydrogen-bond acceptors (Lipinski definition) is 6. The lowest BCUT2D eigenvalue weighted by Gasteiger charge is -2.18. The summed E-state index contributed by atoms with van der Waals surface area (Å²) in [6.45, 7) is 6.13. The SMILES string of the molecule is CC/C=C\C/C=C\C/C=C\CCCCCCCCC(=O)OCC(COC(=O)C/C=C\C/C=C\C/C=C\CC)OC(=O)CCCCCC/C=C\C/C=C\C/C=C\CC. The molecule has 0 saturated heterocycles. The van der Waals surface area contributed by atoms with Crippen molar-refractivity contribution in [1.29, 1.82) is 0 Å². The topological polar surface area (TPSA) is 78.9 Å². The molecular formula is C51H80O6. The van der Waals surface area contributed by atoms with E-state index in [1.165, 1.54) is 12.8 Å². The maximum absolute atomic E-state index is 12.7. The van der Waals surface area contributed by atoms with Crippen molar-refractivity contribution in [2.75, 3.05) is 13.2 Å². The van der Waals surface area contributed by atoms with E-state index in [4.69, 9.17) is 14.2 Å². The van der Waals surface area contributed by atoms with Crippen molar-refractivity contribution in [1.82, 2.24) is 0 Å². The first-order valence-electron chi connectivity index (χ1n) is 22.4. The third kappa shape index (κ3) is 43.0. The van der Waals surface area contributed by atoms with E-state index in [0.29, 0.717) is 6.42 Å². The van der Waals surface area contributed by atoms with Crippen molar-refractivity contribution in [2.24, 2.45) is 0 Å². The Morgan fingerprint density at radius 2 is 0.702 bits per heavy atom. The van der Waals surface area contributed by atoms with Crippen LogP contribution in [0.25, 0.3) is 0 Å². The highest BCUT2D eigenvalue weighted by Gasteiger charge is 2.19. The van der Waals surface area contributed by atoms with Crippen LogP contribution in [0.3, 0.4) is 0 Å². The molecule has 57 heavy (non-hydrogen) atoms. The second-order valence-electron chi connectivity index (χ2n) is 14.2. The van der Waals surface area contributed by atoms with Gasteiger partial charge >= 0.3 is 17.9 Å². The Balaban J connectivity index is 4.49. The quantitative estimate of drug-likeness (QED) is 0.0268. The first-order chi connectivity index (χ1) is 28.0. The Labute approximate surface area is 349 Å². The van der Waals surface area contributed by atoms with E-state index in [-0.39, 0.29) is 38.0 Å². The smallest absolute Gasteiger partial charge is 0.309 e. The summed E-state index contributed by atoms with van der Waals surface area (Å²) in [5.74, 6) is -1.10. The average molecular weight is 789 g/mol. The number of carbonyl (C=O) groups is 3. The Morgan fingerprint density at radius 3 is 1.14 bits per heavy atom. The highest BCUT2D eigenvalue weighted by atomic mass is 16.6. The molecule has 0 aromatic carbocycles. The van der Waals surface area contributed by atoms with Crippen LogP contribution in [-0.4, -0.2) is 37.2 Å². The molecule has 0 aromatic heterocycles. The summed E-state index contributed by atoms with van der Waals surface area (Å²) >= 11 is 0. The number of allylic oxidation sites excluding steroid dienone is 17. The molecule has 0 amide bonds. The van der Waals surface area contributed by atoms with Gasteiger partial charge in [0.05, 0.1) is 6.42 Å². The highest BCUT2D eigenvalue weighted by molar-refractivity contribution is 5.72. The predicted octanol–water partition coefficient (Wildman–Crippen LogP) is 14.4. The van der Waals surface area contributed by atoms with Gasteiger partial charge in [0, 0.05) is 12.8 Å². The highest BCUT2D eigenvalue weighted by Crippen LogP contribution is 2.12. The Morgan fingerprint density at radius 1 is 0.368 bits per heavy atom. The molecule has 0 rings (SSSR count). The molecule has 0 bridgehead atoms. The first-order valence-corrected chi connectivity index (χ1v) is 22.4. The van der Waals surface area contributed by atoms with Crippen LogP contribution in [0.2, 0.25) is 0 Å². The molecule has 0 N–H and O–H groups in total. The maximum Gasteiger partial charge on any atom is 0.309 e. The van der Waals surface area contributed by atoms with Crippen LogP contribution in [0.1, 0.15) is 175 Å². The van der Waals surface area contributed by atoms with Crippen LogP contribution < -0.4 is 0 Å². The number of hydrogen-bond donors (Lipinski definition) is 0. The molecule has 0 radical (unpaired) electrons. The molecule has 6 heteroatoms. The van der Waals surface area contributed by atoms with Gasteiger partial charge in [-0.25, -0.2) is 0 Å². The van der Waals surface area contributed by atoms with Crippen LogP contribution in [0, 0.1) is 0 Å². The number of ether oxygens (including phenoxy) is 3. The molecule has 0 aromatic rings. The fraction of sp³-hybridized carbons (Fsp3) is 0.588. The van der Waals surface area contributed by atoms with Crippen LogP contribution in [-0.2, 0) is 28.6 Å². The zero-order chi connectivity index (χ0) is 41.5. The fourth-order valence-corrected chi connectivity index (χ4v) is 5.53. The monoisotopic (exact) mass is 789 g/mol. The van der Waals surface area contributed by atoms with Crippen molar-refractivity contribution in [3.05, 3.63) is 109 Å². The number of esters is 3. The van der Waals surface area contributed by atoms with E-state index in [1.54, 1.807) is 6.08 Å². The Bertz CT molecular complexity index is 1230. The molecule has 320 valence electrons. The summed E-state index contributed by atoms with van der Waals surface area (Å²) in [6.07, 6.45) is 59.6. The molecule has 0 aliphatic carbocycles. The number of unbranched alkanes of at least 4 members (excludes halogenated alkanes) is 10. The zero-order valence-corrected chi connectivity index (χ0v) is 36.3. The van der Waals surface area contributed by atoms with Crippen molar-refractivity contribution in [3.63, 3.8) is 0 Å². The summed E-state index contributed by atoms with van der Waals surface area (Å²) in [6, 6.07) is 0. The molecule has 1 atom stereocenters. The van der Waals surface area contributed by atoms with Crippen LogP contribution >= 0.6 is 0 Å². The molecule has 0 fully saturated rings. The second kappa shape index (κ2) is 44.8. The van der Waals surface area contributed by atoms with Gasteiger partial charge in [-0.2, -0.15) is 0 Å². The minimum atomic E-state index is -0.830. The van der Waals surface area contributed by atoms with E-state index in [1.807, 2.05) is 6.08 Å². The summed E-state index contributed by atoms with van der Waals surface area (Å²) < 4.78 is 16.5. The Kier molecular flexibility index (Phi) is 41.7. The second-order valence-corrected chi connectivity index (χ2v) is 14.2. The standard InChI is InChI=1S/C51H80O6/c1-4-7-10-13-16-19-21-23-25-26-28-29-32-35-38-41-44-50(53)56-47-48(46-55-49(52)43-40-37-34-31-18-15-12-9-6-3)57-51(54)45-42-39-36-33-30-27-24-22-20-17-14-11-8-5-2/h7-12,16-20,23-25,27,31,37,40,48H,4-6,13-15,21-22,26,28-30,32-36,38-39,41-47H2,1-3H3/b10-7-,11-8-,12-9-,19-16-,20-17-,25-23-,27-24-,31-18-,40-37-. The zero-order valence-electron chi connectivity index (χ0n) is 36.3. The summed E-state index contributed by atoms with van der Waals surface area (Å²) in [5.41, 5.74) is 0. The minimum Gasteiger partial charge on any atom is -0.462 e. The molecular weight excluding hydrogens is 709 g/mol. The predicted molar refractivity (Wildman–Crippen MR) is 242 cm³/mol. The number of carbonyl (C=O) groups excluding carboxylic acids is 3. The lowest BCUT2D eigenvalue weighted by Crippen LogP contribution is -2.30. The van der Waals surface area contributed by atoms with Gasteiger partial charge in [0.25, 0.3) is 0 Å². The van der Waals surface area contributed by atoms with Gasteiger partial charge in [-0.15, -0.1) is 0 Å². The number of rotatable bonds is 38. The fourth-order valence-electron chi connectivity index (χ4n) is 5.53. The first kappa shape index (κ1) is 53.1. The molecule has 0 spiro atoms. The Hall–Kier alpha value is -3.93. The van der Waals surface area contributed by atoms with E-state index >= 15 is 0 Å². The van der Waals surface area contributed by atoms with Gasteiger partial charge in [-0.3, -0.25) is 14.4 Å². The van der Waals surface area contributed by atoms with Crippen LogP contribution in [0.5, 0.6) is 0 Å². The van der Waals surface area contributed by atoms with Gasteiger partial charge in [-0.1, -0.05) is 169 Å². The maximum atomic E-state index is 12.7. The van der Waals surface area contributed by atoms with Crippen molar-refractivity contribution < 1.29 is 28.6 Å². The van der Waals surface area contributed by atoms with Crippen molar-refractivity contribution in [2.45, 2.75) is 181 Å². The average Bonchev–Trinajstić information content (AvgIpc) is 3.21. The van der Waals surface area contributed by atoms with Gasteiger partial charge in [-0.05, 0) is 96.3 Å². The van der Waals surface area contributed by atoms with E-state index in [2.05, 4.69) is 118 Å². The van der Waals surface area contributed by atoms with Gasteiger partial charge < -0.3 is 14.2 Å². The molecule has 0 heterocycles. The van der Waals surface area contributed by atoms with E-state index in [9.17, 15) is 14.4 Å². The van der Waals surface area contributed by atoms with Crippen molar-refractivity contribution >= 4 is 17.9 Å². The largest absolute Gasteiger partial charge is 0.462 e. The van der Waals surface area contributed by atoms with Gasteiger partial charge in [0.1, 0.15) is 13.2 Å². The lowest BCUT2D eigenvalue weighted by molar-refractivity contribution is -0.166. The molecule has 6 nitrogen and oxygen atoms in total. The third-order valence-electron chi connectivity index (χ3n) is 8.79. The summed E-state index contributed by atoms with van der Waals surface area (Å²) in [5, 5.41) is 0. The van der Waals surface area contributed by atoms with Crippen LogP contribution in [0.15, 0.2) is 109 Å². The van der Waals surface area contributed by atoms with Gasteiger partial charge in [0.2, 0.25) is 0 Å². The van der Waals surface area contributed by atoms with Crippen molar-refractivity contribution in [3.8, 4) is 0 Å². The van der Waals surface area contributed by atoms with Gasteiger partial charge in [0.15, 0.2) is 6.10 Å². The lowest BCUT2D eigenvalue weighted by atomic mass is 10.1. The molecule has 0 aliphatic heterocycles. The van der Waals surface area contributed by atoms with Crippen LogP contribution in [0.4, 0.5) is 0 Å². The summed E-state index contributed by atoms with van der Waals surface area (Å²) in [7, 11) is 0. The van der Waals surface area contributed by atoms with E-state index < -0.39 is 12.1 Å². The molecule has 0 aliphatic rings. The minimum absolute atomic E-state index is 0.123. The normalized spacial score (nSPS) is 13.1. The summed E-state index contributed by atoms with van der Waals surface area (Å²) in [4.78, 5) is 37.6. The van der Waals surface area contributed by atoms with E-state index in [0.717, 1.165) is 122 Å². The third-order valence-corrected chi connectivity index (χ3v) is 8.79. The molecule has 1 unspecified atom stereocenters.